The lowest BCUT2D eigenvalue weighted by molar-refractivity contribution is -0.305. The smallest absolute Gasteiger partial charge is 0.186 e. The number of hydrogen-bond acceptors (Lipinski definition) is 10. The minimum Gasteiger partial charge on any atom is -0.508 e. The van der Waals surface area contributed by atoms with E-state index in [9.17, 15) is 35.4 Å². The zero-order chi connectivity index (χ0) is 20.8. The zero-order valence-corrected chi connectivity index (χ0v) is 14.8. The van der Waals surface area contributed by atoms with Crippen LogP contribution in [-0.2, 0) is 14.3 Å². The van der Waals surface area contributed by atoms with Crippen molar-refractivity contribution in [2.75, 3.05) is 13.2 Å². The largest absolute Gasteiger partial charge is 0.508 e. The van der Waals surface area contributed by atoms with Crippen LogP contribution in [0.25, 0.3) is 6.08 Å². The van der Waals surface area contributed by atoms with E-state index in [0.29, 0.717) is 5.56 Å². The van der Waals surface area contributed by atoms with Gasteiger partial charge in [-0.3, -0.25) is 4.79 Å². The highest BCUT2D eigenvalue weighted by Gasteiger charge is 2.44. The summed E-state index contributed by atoms with van der Waals surface area (Å²) in [5, 5.41) is 67.3. The number of aromatic hydroxyl groups is 1. The van der Waals surface area contributed by atoms with Gasteiger partial charge in [0.1, 0.15) is 42.4 Å². The van der Waals surface area contributed by atoms with Crippen molar-refractivity contribution in [1.82, 2.24) is 0 Å². The lowest BCUT2D eigenvalue weighted by atomic mass is 9.99. The van der Waals surface area contributed by atoms with Crippen molar-refractivity contribution in [2.45, 2.75) is 42.9 Å². The number of aliphatic hydroxyl groups is 6. The number of phenols is 1. The summed E-state index contributed by atoms with van der Waals surface area (Å²) >= 11 is 0. The zero-order valence-electron chi connectivity index (χ0n) is 14.8. The number of hydrogen-bond donors (Lipinski definition) is 7. The molecule has 1 aromatic carbocycles. The molecule has 1 saturated heterocycles. The minimum absolute atomic E-state index is 0.0595. The number of phenolic OH excluding ortho intramolecular Hbond substituents is 1. The molecule has 1 heterocycles. The molecule has 156 valence electrons. The Morgan fingerprint density at radius 2 is 1.75 bits per heavy atom. The molecule has 28 heavy (non-hydrogen) atoms. The van der Waals surface area contributed by atoms with Gasteiger partial charge in [-0.1, -0.05) is 18.2 Å². The Hall–Kier alpha value is -1.89. The van der Waals surface area contributed by atoms with Gasteiger partial charge in [0.25, 0.3) is 0 Å². The number of rotatable bonds is 8. The molecule has 0 radical (unpaired) electrons. The summed E-state index contributed by atoms with van der Waals surface area (Å²) < 4.78 is 10.2. The molecule has 10 nitrogen and oxygen atoms in total. The number of benzene rings is 1. The minimum atomic E-state index is -1.82. The van der Waals surface area contributed by atoms with Gasteiger partial charge in [0.15, 0.2) is 12.1 Å². The number of aliphatic hydroxyl groups excluding tert-OH is 6. The Kier molecular flexibility index (Phi) is 8.04. The van der Waals surface area contributed by atoms with Crippen molar-refractivity contribution in [1.29, 1.82) is 0 Å². The fraction of sp³-hybridized carbons (Fsp3) is 0.500. The fourth-order valence-electron chi connectivity index (χ4n) is 2.54. The lowest BCUT2D eigenvalue weighted by Gasteiger charge is -2.39. The molecule has 0 spiro atoms. The van der Waals surface area contributed by atoms with E-state index in [1.807, 2.05) is 0 Å². The first kappa shape index (κ1) is 22.4. The summed E-state index contributed by atoms with van der Waals surface area (Å²) in [5.41, 5.74) is 0.588. The highest BCUT2D eigenvalue weighted by Crippen LogP contribution is 2.22. The molecule has 2 rings (SSSR count). The average molecular weight is 400 g/mol. The second kappa shape index (κ2) is 10.0. The van der Waals surface area contributed by atoms with Gasteiger partial charge in [-0.2, -0.15) is 0 Å². The van der Waals surface area contributed by atoms with Crippen LogP contribution in [-0.4, -0.2) is 97.7 Å². The Balaban J connectivity index is 1.88. The molecule has 1 aliphatic rings. The van der Waals surface area contributed by atoms with Gasteiger partial charge in [-0.15, -0.1) is 0 Å². The standard InChI is InChI=1S/C18H24O10/c19-7-13-15(24)16(25)17(26)18(28-13)27-8-12(22)14(23)11(21)6-3-9-1-4-10(20)5-2-9/h1-6,12-20,22-26H,7-8H2/b6-3+/t12-,13+,14?,15-,16-,17+,18+/m0/s1. The number of ketones is 1. The molecular weight excluding hydrogens is 376 g/mol. The van der Waals surface area contributed by atoms with Crippen LogP contribution in [0, 0.1) is 0 Å². The predicted octanol–water partition coefficient (Wildman–Crippen LogP) is -2.49. The van der Waals surface area contributed by atoms with Crippen LogP contribution in [0.3, 0.4) is 0 Å². The van der Waals surface area contributed by atoms with E-state index >= 15 is 0 Å². The summed E-state index contributed by atoms with van der Waals surface area (Å²) in [6.45, 7) is -1.26. The molecule has 7 N–H and O–H groups in total. The third-order valence-corrected chi connectivity index (χ3v) is 4.27. The number of carbonyl (C=O) groups excluding carboxylic acids is 1. The molecule has 1 fully saturated rings. The third-order valence-electron chi connectivity index (χ3n) is 4.27. The Morgan fingerprint density at radius 1 is 1.11 bits per heavy atom. The molecule has 1 aliphatic heterocycles. The van der Waals surface area contributed by atoms with Crippen LogP contribution in [0.15, 0.2) is 30.3 Å². The molecule has 0 saturated carbocycles. The summed E-state index contributed by atoms with van der Waals surface area (Å²) in [6, 6.07) is 5.93. The van der Waals surface area contributed by atoms with E-state index in [4.69, 9.17) is 14.6 Å². The Labute approximate surface area is 160 Å². The van der Waals surface area contributed by atoms with Crippen LogP contribution in [0.4, 0.5) is 0 Å². The first-order valence-electron chi connectivity index (χ1n) is 8.53. The van der Waals surface area contributed by atoms with Crippen LogP contribution in [0.5, 0.6) is 5.75 Å². The first-order valence-corrected chi connectivity index (χ1v) is 8.53. The summed E-state index contributed by atoms with van der Waals surface area (Å²) in [7, 11) is 0. The maximum atomic E-state index is 11.9. The summed E-state index contributed by atoms with van der Waals surface area (Å²) in [4.78, 5) is 11.9. The maximum Gasteiger partial charge on any atom is 0.186 e. The predicted molar refractivity (Wildman–Crippen MR) is 93.9 cm³/mol. The Morgan fingerprint density at radius 3 is 2.36 bits per heavy atom. The van der Waals surface area contributed by atoms with Gasteiger partial charge in [0.2, 0.25) is 0 Å². The molecule has 0 aromatic heterocycles. The van der Waals surface area contributed by atoms with Crippen molar-refractivity contribution in [2.24, 2.45) is 0 Å². The van der Waals surface area contributed by atoms with Crippen molar-refractivity contribution in [3.05, 3.63) is 35.9 Å². The van der Waals surface area contributed by atoms with Gasteiger partial charge in [-0.25, -0.2) is 0 Å². The van der Waals surface area contributed by atoms with Crippen LogP contribution >= 0.6 is 0 Å². The molecule has 0 aliphatic carbocycles. The van der Waals surface area contributed by atoms with Crippen LogP contribution < -0.4 is 0 Å². The normalized spacial score (nSPS) is 30.3. The van der Waals surface area contributed by atoms with E-state index in [1.165, 1.54) is 18.2 Å². The molecule has 1 aromatic rings. The van der Waals surface area contributed by atoms with Crippen molar-refractivity contribution in [3.63, 3.8) is 0 Å². The molecule has 1 unspecified atom stereocenters. The number of carbonyl (C=O) groups is 1. The molecule has 10 heteroatoms. The average Bonchev–Trinajstić information content (AvgIpc) is 2.70. The van der Waals surface area contributed by atoms with Gasteiger partial charge >= 0.3 is 0 Å². The van der Waals surface area contributed by atoms with Gasteiger partial charge in [0.05, 0.1) is 13.2 Å². The van der Waals surface area contributed by atoms with E-state index in [-0.39, 0.29) is 5.75 Å². The third kappa shape index (κ3) is 5.56. The van der Waals surface area contributed by atoms with E-state index in [0.717, 1.165) is 6.08 Å². The van der Waals surface area contributed by atoms with Crippen molar-refractivity contribution >= 4 is 11.9 Å². The molecule has 0 amide bonds. The molecule has 7 atom stereocenters. The van der Waals surface area contributed by atoms with Crippen molar-refractivity contribution < 1.29 is 50.0 Å². The molecule has 0 bridgehead atoms. The van der Waals surface area contributed by atoms with Gasteiger partial charge < -0.3 is 45.2 Å². The van der Waals surface area contributed by atoms with E-state index in [1.54, 1.807) is 12.1 Å². The van der Waals surface area contributed by atoms with E-state index in [2.05, 4.69) is 0 Å². The second-order valence-corrected chi connectivity index (χ2v) is 6.37. The highest BCUT2D eigenvalue weighted by atomic mass is 16.7. The SMILES string of the molecule is O=C(/C=C/c1ccc(O)cc1)C(O)[C@@H](O)CO[C@@H]1O[C@H](CO)[C@H](O)[C@H](O)[C@H]1O. The highest BCUT2D eigenvalue weighted by molar-refractivity contribution is 5.97. The quantitative estimate of drug-likeness (QED) is 0.231. The van der Waals surface area contributed by atoms with Crippen LogP contribution in [0.1, 0.15) is 5.56 Å². The van der Waals surface area contributed by atoms with Gasteiger partial charge in [0, 0.05) is 0 Å². The summed E-state index contributed by atoms with van der Waals surface area (Å²) in [6.07, 6.45) is -8.57. The monoisotopic (exact) mass is 400 g/mol. The topological polar surface area (TPSA) is 177 Å². The fourth-order valence-corrected chi connectivity index (χ4v) is 2.54. The Bertz CT molecular complexity index is 659. The maximum absolute atomic E-state index is 11.9. The lowest BCUT2D eigenvalue weighted by Crippen LogP contribution is -2.59. The van der Waals surface area contributed by atoms with Crippen molar-refractivity contribution in [3.8, 4) is 5.75 Å². The van der Waals surface area contributed by atoms with Crippen LogP contribution in [0.2, 0.25) is 0 Å². The van der Waals surface area contributed by atoms with E-state index < -0.39 is 61.9 Å². The second-order valence-electron chi connectivity index (χ2n) is 6.37. The number of ether oxygens (including phenoxy) is 2. The molecular formula is C18H24O10. The van der Waals surface area contributed by atoms with Gasteiger partial charge in [-0.05, 0) is 23.8 Å². The first-order chi connectivity index (χ1) is 13.2. The summed E-state index contributed by atoms with van der Waals surface area (Å²) in [5.74, 6) is -0.748.